The van der Waals surface area contributed by atoms with Gasteiger partial charge in [-0.1, -0.05) is 129 Å². The minimum absolute atomic E-state index is 0.219. The quantitative estimate of drug-likeness (QED) is 0.176. The van der Waals surface area contributed by atoms with E-state index >= 15 is 0 Å². The highest BCUT2D eigenvalue weighted by molar-refractivity contribution is 6.11. The third kappa shape index (κ3) is 5.46. The van der Waals surface area contributed by atoms with Crippen molar-refractivity contribution in [1.82, 2.24) is 0 Å². The smallest absolute Gasteiger partial charge is 0.178 e. The van der Waals surface area contributed by atoms with Gasteiger partial charge in [-0.05, 0) is 82.0 Å². The lowest BCUT2D eigenvalue weighted by molar-refractivity contribution is 0.122. The first-order valence-corrected chi connectivity index (χ1v) is 20.5. The minimum atomic E-state index is -0.882. The van der Waals surface area contributed by atoms with Crippen LogP contribution < -0.4 is 19.1 Å². The maximum atomic E-state index is 7.82. The second kappa shape index (κ2) is 14.2. The second-order valence-electron chi connectivity index (χ2n) is 15.9. The van der Waals surface area contributed by atoms with Crippen molar-refractivity contribution in [3.05, 3.63) is 149 Å². The fourth-order valence-corrected chi connectivity index (χ4v) is 10.4. The largest absolute Gasteiger partial charge is 0.497 e. The van der Waals surface area contributed by atoms with Crippen molar-refractivity contribution >= 4 is 22.5 Å². The molecule has 10 rings (SSSR count). The standard InChI is InChI=1S/C51H49NO4/c1-53-37-23-21-36(22-24-37)51(35-15-7-6-8-16-35)28-25-41-48-47(42-33-45(52-29-31-55-32-30-52)46(54-2)34-43(42)49(41)56-51)40-19-10-9-17-38(40)39-18-11-12-20-44(39)50(48)26-13-4-3-5-14-27-50/h6-12,15-25,28,33-34H,3-5,13-14,26-27,29-32H2,1-2H3. The third-order valence-electron chi connectivity index (χ3n) is 13.0. The predicted molar refractivity (Wildman–Crippen MR) is 227 cm³/mol. The molecule has 2 fully saturated rings. The maximum Gasteiger partial charge on any atom is 0.178 e. The van der Waals surface area contributed by atoms with Crippen molar-refractivity contribution in [2.75, 3.05) is 45.4 Å². The number of fused-ring (bicyclic) bond motifs is 12. The molecular formula is C51H49NO4. The molecule has 2 aliphatic heterocycles. The fraction of sp³-hybridized carbons (Fsp3) is 0.294. The molecule has 1 atom stereocenters. The first kappa shape index (κ1) is 34.9. The fourth-order valence-electron chi connectivity index (χ4n) is 10.4. The zero-order chi connectivity index (χ0) is 37.7. The molecule has 282 valence electrons. The van der Waals surface area contributed by atoms with Gasteiger partial charge in [0.2, 0.25) is 0 Å². The average molecular weight is 740 g/mol. The van der Waals surface area contributed by atoms with Crippen LogP contribution in [0.2, 0.25) is 0 Å². The molecule has 6 aromatic carbocycles. The predicted octanol–water partition coefficient (Wildman–Crippen LogP) is 11.7. The highest BCUT2D eigenvalue weighted by Gasteiger charge is 2.46. The maximum absolute atomic E-state index is 7.82. The second-order valence-corrected chi connectivity index (χ2v) is 15.9. The average Bonchev–Trinajstić information content (AvgIpc) is 3.36. The summed E-state index contributed by atoms with van der Waals surface area (Å²) in [5, 5.41) is 2.27. The van der Waals surface area contributed by atoms with Crippen LogP contribution in [0.15, 0.2) is 121 Å². The number of morpholine rings is 1. The lowest BCUT2D eigenvalue weighted by Gasteiger charge is -2.43. The molecule has 4 aliphatic rings. The molecule has 0 aromatic heterocycles. The Bertz CT molecular complexity index is 2440. The molecule has 1 spiro atoms. The van der Waals surface area contributed by atoms with E-state index in [2.05, 4.69) is 120 Å². The molecule has 6 aromatic rings. The Morgan fingerprint density at radius 3 is 2.02 bits per heavy atom. The van der Waals surface area contributed by atoms with Crippen LogP contribution in [0, 0.1) is 0 Å². The molecule has 5 nitrogen and oxygen atoms in total. The highest BCUT2D eigenvalue weighted by atomic mass is 16.5. The van der Waals surface area contributed by atoms with Gasteiger partial charge in [0.1, 0.15) is 17.2 Å². The lowest BCUT2D eigenvalue weighted by Crippen LogP contribution is -2.37. The van der Waals surface area contributed by atoms with E-state index in [1.54, 1.807) is 14.2 Å². The van der Waals surface area contributed by atoms with Crippen LogP contribution in [0.4, 0.5) is 5.69 Å². The first-order chi connectivity index (χ1) is 27.6. The molecule has 1 saturated carbocycles. The van der Waals surface area contributed by atoms with Gasteiger partial charge in [0.05, 0.1) is 33.1 Å². The Balaban J connectivity index is 1.36. The lowest BCUT2D eigenvalue weighted by atomic mass is 9.63. The Morgan fingerprint density at radius 1 is 0.625 bits per heavy atom. The molecule has 0 amide bonds. The van der Waals surface area contributed by atoms with E-state index in [0.29, 0.717) is 13.2 Å². The van der Waals surface area contributed by atoms with Crippen molar-refractivity contribution in [3.63, 3.8) is 0 Å². The van der Waals surface area contributed by atoms with Crippen LogP contribution in [0.25, 0.3) is 39.1 Å². The number of anilines is 1. The SMILES string of the molecule is COc1ccc(C2(c3ccccc3)C=Cc3c4c(c5cc(N6CCOCC6)c(OC)cc5c3O2)-c2ccccc2-c2ccccc2C42CCCCCCC2)cc1. The minimum Gasteiger partial charge on any atom is -0.497 e. The monoisotopic (exact) mass is 739 g/mol. The molecule has 0 bridgehead atoms. The number of rotatable bonds is 5. The summed E-state index contributed by atoms with van der Waals surface area (Å²) < 4.78 is 25.6. The number of benzene rings is 6. The summed E-state index contributed by atoms with van der Waals surface area (Å²) in [5.41, 5.74) is 11.4. The van der Waals surface area contributed by atoms with Gasteiger partial charge < -0.3 is 23.8 Å². The van der Waals surface area contributed by atoms with E-state index < -0.39 is 5.60 Å². The molecule has 0 radical (unpaired) electrons. The summed E-state index contributed by atoms with van der Waals surface area (Å²) >= 11 is 0. The molecular weight excluding hydrogens is 691 g/mol. The summed E-state index contributed by atoms with van der Waals surface area (Å²) in [5.74, 6) is 2.57. The van der Waals surface area contributed by atoms with Crippen LogP contribution in [0.1, 0.15) is 72.8 Å². The van der Waals surface area contributed by atoms with Gasteiger partial charge in [0.15, 0.2) is 5.60 Å². The zero-order valence-corrected chi connectivity index (χ0v) is 32.5. The third-order valence-corrected chi connectivity index (χ3v) is 13.0. The Morgan fingerprint density at radius 2 is 1.29 bits per heavy atom. The number of hydrogen-bond acceptors (Lipinski definition) is 5. The van der Waals surface area contributed by atoms with Gasteiger partial charge in [0, 0.05) is 40.6 Å². The normalized spacial score (nSPS) is 19.7. The molecule has 2 heterocycles. The van der Waals surface area contributed by atoms with Gasteiger partial charge in [-0.3, -0.25) is 0 Å². The summed E-state index contributed by atoms with van der Waals surface area (Å²) in [6, 6.07) is 42.1. The molecule has 2 aliphatic carbocycles. The van der Waals surface area contributed by atoms with Gasteiger partial charge in [-0.15, -0.1) is 0 Å². The topological polar surface area (TPSA) is 40.2 Å². The van der Waals surface area contributed by atoms with E-state index in [9.17, 15) is 0 Å². The molecule has 5 heteroatoms. The van der Waals surface area contributed by atoms with Gasteiger partial charge in [-0.25, -0.2) is 0 Å². The van der Waals surface area contributed by atoms with Gasteiger partial charge in [0.25, 0.3) is 0 Å². The van der Waals surface area contributed by atoms with Crippen LogP contribution >= 0.6 is 0 Å². The molecule has 1 unspecified atom stereocenters. The number of methoxy groups -OCH3 is 2. The number of ether oxygens (including phenoxy) is 4. The van der Waals surface area contributed by atoms with Gasteiger partial charge >= 0.3 is 0 Å². The molecule has 0 N–H and O–H groups in total. The summed E-state index contributed by atoms with van der Waals surface area (Å²) in [7, 11) is 3.51. The summed E-state index contributed by atoms with van der Waals surface area (Å²) in [6.45, 7) is 3.02. The first-order valence-electron chi connectivity index (χ1n) is 20.5. The van der Waals surface area contributed by atoms with Crippen molar-refractivity contribution in [1.29, 1.82) is 0 Å². The van der Waals surface area contributed by atoms with E-state index in [0.717, 1.165) is 65.4 Å². The zero-order valence-electron chi connectivity index (χ0n) is 32.5. The Hall–Kier alpha value is -5.52. The van der Waals surface area contributed by atoms with Crippen LogP contribution in [-0.2, 0) is 15.8 Å². The van der Waals surface area contributed by atoms with Crippen LogP contribution in [-0.4, -0.2) is 40.5 Å². The summed E-state index contributed by atoms with van der Waals surface area (Å²) in [4.78, 5) is 2.43. The van der Waals surface area contributed by atoms with Crippen molar-refractivity contribution in [2.45, 2.75) is 56.0 Å². The van der Waals surface area contributed by atoms with E-state index in [4.69, 9.17) is 18.9 Å². The number of hydrogen-bond donors (Lipinski definition) is 0. The van der Waals surface area contributed by atoms with E-state index in [1.807, 2.05) is 12.1 Å². The molecule has 56 heavy (non-hydrogen) atoms. The van der Waals surface area contributed by atoms with Gasteiger partial charge in [-0.2, -0.15) is 0 Å². The molecule has 1 saturated heterocycles. The summed E-state index contributed by atoms with van der Waals surface area (Å²) in [6.07, 6.45) is 13.1. The Kier molecular flexibility index (Phi) is 8.86. The van der Waals surface area contributed by atoms with Crippen LogP contribution in [0.5, 0.6) is 17.2 Å². The van der Waals surface area contributed by atoms with E-state index in [-0.39, 0.29) is 5.41 Å². The Labute approximate surface area is 330 Å². The van der Waals surface area contributed by atoms with Crippen molar-refractivity contribution in [3.8, 4) is 39.5 Å². The van der Waals surface area contributed by atoms with Crippen molar-refractivity contribution in [2.24, 2.45) is 0 Å². The highest BCUT2D eigenvalue weighted by Crippen LogP contribution is 2.61. The number of nitrogens with zero attached hydrogens (tertiary/aromatic N) is 1. The van der Waals surface area contributed by atoms with Crippen LogP contribution in [0.3, 0.4) is 0 Å². The van der Waals surface area contributed by atoms with E-state index in [1.165, 1.54) is 76.4 Å². The van der Waals surface area contributed by atoms with Crippen molar-refractivity contribution < 1.29 is 18.9 Å².